The van der Waals surface area contributed by atoms with Crippen molar-refractivity contribution < 1.29 is 0 Å². The lowest BCUT2D eigenvalue weighted by Gasteiger charge is -2.22. The quantitative estimate of drug-likeness (QED) is 0.893. The fourth-order valence-corrected chi connectivity index (χ4v) is 2.75. The average molecular weight is 242 g/mol. The predicted octanol–water partition coefficient (Wildman–Crippen LogP) is 2.16. The Morgan fingerprint density at radius 2 is 2.28 bits per heavy atom. The standard InChI is InChI=1S/C14H18N4/c1-4-13(14(5-1)18-8-7-16-11-18)17-10-12-3-2-6-15-9-12/h2-3,6-9,11,13-14,17H,1,4-5,10H2. The van der Waals surface area contributed by atoms with Crippen LogP contribution in [0.1, 0.15) is 30.9 Å². The van der Waals surface area contributed by atoms with Gasteiger partial charge < -0.3 is 9.88 Å². The number of nitrogens with zero attached hydrogens (tertiary/aromatic N) is 3. The van der Waals surface area contributed by atoms with Gasteiger partial charge in [-0.3, -0.25) is 4.98 Å². The predicted molar refractivity (Wildman–Crippen MR) is 70.0 cm³/mol. The lowest BCUT2D eigenvalue weighted by atomic mass is 10.1. The third-order valence-electron chi connectivity index (χ3n) is 3.68. The van der Waals surface area contributed by atoms with Crippen LogP contribution in [-0.2, 0) is 6.54 Å². The molecule has 0 spiro atoms. The van der Waals surface area contributed by atoms with Crippen molar-refractivity contribution in [1.29, 1.82) is 0 Å². The normalized spacial score (nSPS) is 23.3. The molecular formula is C14H18N4. The van der Waals surface area contributed by atoms with Crippen LogP contribution in [0.3, 0.4) is 0 Å². The molecule has 1 fully saturated rings. The third kappa shape index (κ3) is 2.43. The Kier molecular flexibility index (Phi) is 3.37. The SMILES string of the molecule is c1cncc(CNC2CCCC2n2ccnc2)c1. The average Bonchev–Trinajstić information content (AvgIpc) is 3.08. The first kappa shape index (κ1) is 11.4. The molecule has 1 saturated carbocycles. The second kappa shape index (κ2) is 5.31. The van der Waals surface area contributed by atoms with Crippen molar-refractivity contribution in [1.82, 2.24) is 19.9 Å². The number of aromatic nitrogens is 3. The van der Waals surface area contributed by atoms with E-state index < -0.39 is 0 Å². The van der Waals surface area contributed by atoms with Crippen molar-refractivity contribution in [3.63, 3.8) is 0 Å². The lowest BCUT2D eigenvalue weighted by molar-refractivity contribution is 0.390. The molecule has 0 saturated heterocycles. The zero-order valence-electron chi connectivity index (χ0n) is 10.4. The summed E-state index contributed by atoms with van der Waals surface area (Å²) in [6.45, 7) is 0.893. The van der Waals surface area contributed by atoms with Gasteiger partial charge in [0.15, 0.2) is 0 Å². The molecule has 2 unspecified atom stereocenters. The van der Waals surface area contributed by atoms with Gasteiger partial charge in [0.25, 0.3) is 0 Å². The van der Waals surface area contributed by atoms with Gasteiger partial charge in [-0.1, -0.05) is 6.07 Å². The van der Waals surface area contributed by atoms with Crippen LogP contribution in [0, 0.1) is 0 Å². The molecule has 2 heterocycles. The number of imidazole rings is 1. The Morgan fingerprint density at radius 3 is 3.06 bits per heavy atom. The monoisotopic (exact) mass is 242 g/mol. The molecule has 0 bridgehead atoms. The van der Waals surface area contributed by atoms with Crippen molar-refractivity contribution in [3.8, 4) is 0 Å². The molecule has 2 atom stereocenters. The van der Waals surface area contributed by atoms with Crippen LogP contribution in [0.25, 0.3) is 0 Å². The van der Waals surface area contributed by atoms with E-state index in [1.165, 1.54) is 24.8 Å². The van der Waals surface area contributed by atoms with E-state index in [9.17, 15) is 0 Å². The minimum absolute atomic E-state index is 0.541. The van der Waals surface area contributed by atoms with E-state index in [2.05, 4.69) is 32.1 Å². The van der Waals surface area contributed by atoms with Crippen molar-refractivity contribution in [2.75, 3.05) is 0 Å². The highest BCUT2D eigenvalue weighted by atomic mass is 15.1. The van der Waals surface area contributed by atoms with E-state index in [4.69, 9.17) is 0 Å². The molecule has 0 aromatic carbocycles. The van der Waals surface area contributed by atoms with Crippen LogP contribution < -0.4 is 5.32 Å². The molecule has 1 N–H and O–H groups in total. The molecule has 4 nitrogen and oxygen atoms in total. The van der Waals surface area contributed by atoms with Gasteiger partial charge in [0.2, 0.25) is 0 Å². The first-order valence-electron chi connectivity index (χ1n) is 6.53. The van der Waals surface area contributed by atoms with E-state index >= 15 is 0 Å². The topological polar surface area (TPSA) is 42.7 Å². The molecule has 2 aromatic heterocycles. The Labute approximate surface area is 107 Å². The summed E-state index contributed by atoms with van der Waals surface area (Å²) in [5.41, 5.74) is 1.24. The first-order chi connectivity index (χ1) is 8.93. The molecule has 18 heavy (non-hydrogen) atoms. The number of hydrogen-bond acceptors (Lipinski definition) is 3. The summed E-state index contributed by atoms with van der Waals surface area (Å²) in [5.74, 6) is 0. The highest BCUT2D eigenvalue weighted by Crippen LogP contribution is 2.30. The maximum Gasteiger partial charge on any atom is 0.0949 e. The van der Waals surface area contributed by atoms with Crippen LogP contribution in [-0.4, -0.2) is 20.6 Å². The Balaban J connectivity index is 1.62. The third-order valence-corrected chi connectivity index (χ3v) is 3.68. The molecule has 2 aromatic rings. The fraction of sp³-hybridized carbons (Fsp3) is 0.429. The minimum atomic E-state index is 0.541. The van der Waals surface area contributed by atoms with Gasteiger partial charge >= 0.3 is 0 Å². The number of pyridine rings is 1. The summed E-state index contributed by atoms with van der Waals surface area (Å²) >= 11 is 0. The Morgan fingerprint density at radius 1 is 1.28 bits per heavy atom. The molecule has 0 amide bonds. The van der Waals surface area contributed by atoms with Crippen LogP contribution in [0.15, 0.2) is 43.2 Å². The largest absolute Gasteiger partial charge is 0.333 e. The zero-order chi connectivity index (χ0) is 12.2. The maximum atomic E-state index is 4.14. The molecule has 0 aliphatic heterocycles. The highest BCUT2D eigenvalue weighted by molar-refractivity contribution is 5.08. The maximum absolute atomic E-state index is 4.14. The summed E-state index contributed by atoms with van der Waals surface area (Å²) in [5, 5.41) is 3.65. The van der Waals surface area contributed by atoms with Gasteiger partial charge in [0.05, 0.1) is 6.33 Å². The number of rotatable bonds is 4. The Bertz CT molecular complexity index is 466. The second-order valence-corrected chi connectivity index (χ2v) is 4.86. The van der Waals surface area contributed by atoms with Crippen molar-refractivity contribution in [3.05, 3.63) is 48.8 Å². The summed E-state index contributed by atoms with van der Waals surface area (Å²) in [7, 11) is 0. The van der Waals surface area contributed by atoms with E-state index in [0.29, 0.717) is 12.1 Å². The first-order valence-corrected chi connectivity index (χ1v) is 6.53. The molecule has 1 aliphatic carbocycles. The smallest absolute Gasteiger partial charge is 0.0949 e. The second-order valence-electron chi connectivity index (χ2n) is 4.86. The van der Waals surface area contributed by atoms with Gasteiger partial charge in [-0.25, -0.2) is 4.98 Å². The van der Waals surface area contributed by atoms with Crippen LogP contribution in [0.2, 0.25) is 0 Å². The van der Waals surface area contributed by atoms with Crippen LogP contribution in [0.4, 0.5) is 0 Å². The van der Waals surface area contributed by atoms with Crippen molar-refractivity contribution >= 4 is 0 Å². The lowest BCUT2D eigenvalue weighted by Crippen LogP contribution is -2.33. The molecule has 0 radical (unpaired) electrons. The van der Waals surface area contributed by atoms with Crippen molar-refractivity contribution in [2.24, 2.45) is 0 Å². The van der Waals surface area contributed by atoms with E-state index in [-0.39, 0.29) is 0 Å². The van der Waals surface area contributed by atoms with E-state index in [0.717, 1.165) is 6.54 Å². The molecule has 3 rings (SSSR count). The van der Waals surface area contributed by atoms with Gasteiger partial charge in [-0.15, -0.1) is 0 Å². The van der Waals surface area contributed by atoms with E-state index in [1.54, 1.807) is 0 Å². The minimum Gasteiger partial charge on any atom is -0.333 e. The molecular weight excluding hydrogens is 224 g/mol. The van der Waals surface area contributed by atoms with Crippen molar-refractivity contribution in [2.45, 2.75) is 37.9 Å². The van der Waals surface area contributed by atoms with Crippen LogP contribution in [0.5, 0.6) is 0 Å². The molecule has 94 valence electrons. The summed E-state index contributed by atoms with van der Waals surface area (Å²) in [6, 6.07) is 5.18. The van der Waals surface area contributed by atoms with Crippen LogP contribution >= 0.6 is 0 Å². The van der Waals surface area contributed by atoms with Gasteiger partial charge in [0.1, 0.15) is 0 Å². The molecule has 4 heteroatoms. The highest BCUT2D eigenvalue weighted by Gasteiger charge is 2.27. The molecule has 1 aliphatic rings. The number of hydrogen-bond donors (Lipinski definition) is 1. The summed E-state index contributed by atoms with van der Waals surface area (Å²) in [4.78, 5) is 8.29. The van der Waals surface area contributed by atoms with Gasteiger partial charge in [-0.2, -0.15) is 0 Å². The number of nitrogens with one attached hydrogen (secondary N) is 1. The Hall–Kier alpha value is -1.68. The van der Waals surface area contributed by atoms with Gasteiger partial charge in [-0.05, 0) is 30.9 Å². The summed E-state index contributed by atoms with van der Waals surface area (Å²) in [6.07, 6.45) is 13.3. The summed E-state index contributed by atoms with van der Waals surface area (Å²) < 4.78 is 2.23. The fourth-order valence-electron chi connectivity index (χ4n) is 2.75. The van der Waals surface area contributed by atoms with E-state index in [1.807, 2.05) is 31.0 Å². The zero-order valence-corrected chi connectivity index (χ0v) is 10.4. The van der Waals surface area contributed by atoms with Gasteiger partial charge in [0, 0.05) is 43.4 Å².